The summed E-state index contributed by atoms with van der Waals surface area (Å²) >= 11 is 0. The molecule has 0 N–H and O–H groups in total. The Morgan fingerprint density at radius 3 is 2.82 bits per heavy atom. The van der Waals surface area contributed by atoms with Gasteiger partial charge in [-0.2, -0.15) is 0 Å². The molecule has 2 rings (SSSR count). The van der Waals surface area contributed by atoms with Crippen LogP contribution in [0.1, 0.15) is 17.5 Å². The van der Waals surface area contributed by atoms with E-state index in [1.54, 1.807) is 0 Å². The van der Waals surface area contributed by atoms with Crippen LogP contribution in [0.2, 0.25) is 0 Å². The first kappa shape index (κ1) is 6.53. The first-order chi connectivity index (χ1) is 5.42. The lowest BCUT2D eigenvalue weighted by molar-refractivity contribution is 0.535. The van der Waals surface area contributed by atoms with E-state index in [4.69, 9.17) is 0 Å². The Hall–Kier alpha value is -1.18. The zero-order valence-electron chi connectivity index (χ0n) is 6.05. The molecule has 2 heteroatoms. The Balaban J connectivity index is 2.55. The summed E-state index contributed by atoms with van der Waals surface area (Å²) in [5, 5.41) is 2.75. The number of fused-ring (bicyclic) bond motifs is 1. The van der Waals surface area contributed by atoms with Crippen LogP contribution in [-0.2, 0) is 6.42 Å². The summed E-state index contributed by atoms with van der Waals surface area (Å²) in [6.07, 6.45) is 1.68. The Bertz CT molecular complexity index is 304. The fraction of sp³-hybridized carbons (Fsp3) is 0.222. The predicted octanol–water partition coefficient (Wildman–Crippen LogP) is 2.31. The summed E-state index contributed by atoms with van der Waals surface area (Å²) in [5.41, 5.74) is 2.79. The standard InChI is InChI=1S/C9H8FN/c10-11-9-6-5-7-3-1-2-4-8(7)9/h1-4H,5-6H2. The van der Waals surface area contributed by atoms with Crippen LogP contribution in [0.15, 0.2) is 29.5 Å². The van der Waals surface area contributed by atoms with Gasteiger partial charge < -0.3 is 0 Å². The van der Waals surface area contributed by atoms with Crippen molar-refractivity contribution in [2.45, 2.75) is 12.8 Å². The molecule has 0 aromatic heterocycles. The third-order valence-electron chi connectivity index (χ3n) is 2.06. The van der Waals surface area contributed by atoms with E-state index in [2.05, 4.69) is 5.21 Å². The topological polar surface area (TPSA) is 12.4 Å². The van der Waals surface area contributed by atoms with Gasteiger partial charge >= 0.3 is 0 Å². The van der Waals surface area contributed by atoms with Gasteiger partial charge in [0.2, 0.25) is 0 Å². The highest BCUT2D eigenvalue weighted by Gasteiger charge is 2.16. The van der Waals surface area contributed by atoms with Crippen molar-refractivity contribution < 1.29 is 4.48 Å². The van der Waals surface area contributed by atoms with E-state index in [-0.39, 0.29) is 0 Å². The van der Waals surface area contributed by atoms with Gasteiger partial charge in [-0.1, -0.05) is 34.0 Å². The summed E-state index contributed by atoms with van der Waals surface area (Å²) in [5.74, 6) is 0. The maximum atomic E-state index is 12.0. The molecule has 1 aromatic rings. The number of halogens is 1. The summed E-state index contributed by atoms with van der Waals surface area (Å²) in [6.45, 7) is 0. The molecule has 1 aliphatic rings. The normalized spacial score (nSPS) is 18.8. The highest BCUT2D eigenvalue weighted by atomic mass is 19.2. The van der Waals surface area contributed by atoms with E-state index < -0.39 is 0 Å². The second-order valence-electron chi connectivity index (χ2n) is 2.69. The van der Waals surface area contributed by atoms with E-state index in [1.165, 1.54) is 5.56 Å². The van der Waals surface area contributed by atoms with Gasteiger partial charge in [0.15, 0.2) is 0 Å². The highest BCUT2D eigenvalue weighted by Crippen LogP contribution is 2.21. The molecule has 0 aliphatic heterocycles. The quantitative estimate of drug-likeness (QED) is 0.536. The summed E-state index contributed by atoms with van der Waals surface area (Å²) in [4.78, 5) is 0. The molecule has 0 radical (unpaired) electrons. The van der Waals surface area contributed by atoms with Gasteiger partial charge in [-0.25, -0.2) is 0 Å². The Kier molecular flexibility index (Phi) is 1.46. The Labute approximate surface area is 64.5 Å². The SMILES string of the molecule is FN=C1CCc2ccccc21. The van der Waals surface area contributed by atoms with Crippen LogP contribution in [0.3, 0.4) is 0 Å². The first-order valence-electron chi connectivity index (χ1n) is 3.68. The fourth-order valence-corrected chi connectivity index (χ4v) is 1.50. The van der Waals surface area contributed by atoms with Crippen LogP contribution < -0.4 is 0 Å². The maximum Gasteiger partial charge on any atom is 0.0812 e. The first-order valence-corrected chi connectivity index (χ1v) is 3.68. The molecule has 0 saturated heterocycles. The van der Waals surface area contributed by atoms with E-state index in [0.717, 1.165) is 18.4 Å². The summed E-state index contributed by atoms with van der Waals surface area (Å²) in [6, 6.07) is 7.82. The number of benzene rings is 1. The molecule has 0 saturated carbocycles. The van der Waals surface area contributed by atoms with E-state index in [1.807, 2.05) is 24.3 Å². The fourth-order valence-electron chi connectivity index (χ4n) is 1.50. The van der Waals surface area contributed by atoms with Crippen LogP contribution in [0, 0.1) is 0 Å². The molecule has 56 valence electrons. The van der Waals surface area contributed by atoms with Gasteiger partial charge in [0.25, 0.3) is 0 Å². The van der Waals surface area contributed by atoms with Crippen LogP contribution in [-0.4, -0.2) is 5.71 Å². The molecular formula is C9H8FN. The monoisotopic (exact) mass is 149 g/mol. The summed E-state index contributed by atoms with van der Waals surface area (Å²) < 4.78 is 12.0. The number of nitrogens with zero attached hydrogens (tertiary/aromatic N) is 1. The zero-order chi connectivity index (χ0) is 7.68. The van der Waals surface area contributed by atoms with Crippen LogP contribution in [0.4, 0.5) is 4.48 Å². The Morgan fingerprint density at radius 2 is 2.00 bits per heavy atom. The number of aryl methyl sites for hydroxylation is 1. The lowest BCUT2D eigenvalue weighted by atomic mass is 10.1. The molecule has 1 aliphatic carbocycles. The molecule has 0 unspecified atom stereocenters. The molecule has 0 heterocycles. The third-order valence-corrected chi connectivity index (χ3v) is 2.06. The molecule has 0 amide bonds. The molecule has 1 nitrogen and oxygen atoms in total. The van der Waals surface area contributed by atoms with Crippen molar-refractivity contribution in [3.63, 3.8) is 0 Å². The summed E-state index contributed by atoms with van der Waals surface area (Å²) in [7, 11) is 0. The molecule has 1 aromatic carbocycles. The maximum absolute atomic E-state index is 12.0. The van der Waals surface area contributed by atoms with Crippen molar-refractivity contribution in [1.29, 1.82) is 0 Å². The van der Waals surface area contributed by atoms with Crippen molar-refractivity contribution in [3.8, 4) is 0 Å². The molecular weight excluding hydrogens is 141 g/mol. The molecule has 11 heavy (non-hydrogen) atoms. The van der Waals surface area contributed by atoms with Crippen molar-refractivity contribution >= 4 is 5.71 Å². The van der Waals surface area contributed by atoms with Crippen LogP contribution in [0.25, 0.3) is 0 Å². The lowest BCUT2D eigenvalue weighted by Crippen LogP contribution is -1.91. The van der Waals surface area contributed by atoms with E-state index >= 15 is 0 Å². The van der Waals surface area contributed by atoms with Crippen molar-refractivity contribution in [1.82, 2.24) is 0 Å². The van der Waals surface area contributed by atoms with E-state index in [9.17, 15) is 4.48 Å². The second-order valence-corrected chi connectivity index (χ2v) is 2.69. The average molecular weight is 149 g/mol. The van der Waals surface area contributed by atoms with Gasteiger partial charge in [0.05, 0.1) is 5.71 Å². The van der Waals surface area contributed by atoms with Crippen LogP contribution >= 0.6 is 0 Å². The molecule has 0 atom stereocenters. The average Bonchev–Trinajstić information content (AvgIpc) is 2.47. The van der Waals surface area contributed by atoms with Gasteiger partial charge in [-0.3, -0.25) is 0 Å². The van der Waals surface area contributed by atoms with Crippen molar-refractivity contribution in [2.75, 3.05) is 0 Å². The van der Waals surface area contributed by atoms with Crippen molar-refractivity contribution in [2.24, 2.45) is 5.21 Å². The van der Waals surface area contributed by atoms with Crippen LogP contribution in [0.5, 0.6) is 0 Å². The molecule has 0 spiro atoms. The Morgan fingerprint density at radius 1 is 1.18 bits per heavy atom. The smallest absolute Gasteiger partial charge is 0.0812 e. The minimum Gasteiger partial charge on any atom is -0.0915 e. The minimum atomic E-state index is 0.598. The highest BCUT2D eigenvalue weighted by molar-refractivity contribution is 6.04. The number of hydrogen-bond donors (Lipinski definition) is 0. The third kappa shape index (κ3) is 0.946. The zero-order valence-corrected chi connectivity index (χ0v) is 6.05. The lowest BCUT2D eigenvalue weighted by Gasteiger charge is -1.94. The van der Waals surface area contributed by atoms with Crippen molar-refractivity contribution in [3.05, 3.63) is 35.4 Å². The van der Waals surface area contributed by atoms with Gasteiger partial charge in [0, 0.05) is 5.56 Å². The number of hydrogen-bond acceptors (Lipinski definition) is 1. The van der Waals surface area contributed by atoms with Gasteiger partial charge in [-0.15, -0.1) is 0 Å². The minimum absolute atomic E-state index is 0.598. The second kappa shape index (κ2) is 2.46. The van der Waals surface area contributed by atoms with Gasteiger partial charge in [-0.05, 0) is 18.4 Å². The van der Waals surface area contributed by atoms with Gasteiger partial charge in [0.1, 0.15) is 0 Å². The molecule has 0 fully saturated rings. The largest absolute Gasteiger partial charge is 0.0915 e. The predicted molar refractivity (Wildman–Crippen MR) is 42.4 cm³/mol. The molecule has 0 bridgehead atoms. The van der Waals surface area contributed by atoms with E-state index in [0.29, 0.717) is 5.71 Å². The number of rotatable bonds is 0.